The molecule has 2 aromatic heterocycles. The Morgan fingerprint density at radius 3 is 2.56 bits per heavy atom. The molecule has 34 heavy (non-hydrogen) atoms. The van der Waals surface area contributed by atoms with Crippen molar-refractivity contribution >= 4 is 17.7 Å². The monoisotopic (exact) mass is 466 g/mol. The Morgan fingerprint density at radius 1 is 1.15 bits per heavy atom. The number of hydrogen-bond acceptors (Lipinski definition) is 7. The lowest BCUT2D eigenvalue weighted by atomic mass is 9.99. The molecular weight excluding hydrogens is 440 g/mol. The van der Waals surface area contributed by atoms with E-state index in [9.17, 15) is 14.4 Å². The van der Waals surface area contributed by atoms with Crippen LogP contribution in [0.25, 0.3) is 0 Å². The van der Waals surface area contributed by atoms with E-state index in [0.717, 1.165) is 0 Å². The normalized spacial score (nSPS) is 13.0. The van der Waals surface area contributed by atoms with Crippen molar-refractivity contribution in [3.05, 3.63) is 70.4 Å². The molecule has 0 N–H and O–H groups in total. The third-order valence-electron chi connectivity index (χ3n) is 6.19. The van der Waals surface area contributed by atoms with Gasteiger partial charge in [0.05, 0.1) is 26.0 Å². The summed E-state index contributed by atoms with van der Waals surface area (Å²) < 4.78 is 22.7. The van der Waals surface area contributed by atoms with Crippen molar-refractivity contribution in [3.8, 4) is 11.5 Å². The Kier molecular flexibility index (Phi) is 6.19. The summed E-state index contributed by atoms with van der Waals surface area (Å²) in [6.45, 7) is 5.31. The van der Waals surface area contributed by atoms with Crippen molar-refractivity contribution in [1.29, 1.82) is 0 Å². The number of ether oxygens (including phenoxy) is 3. The van der Waals surface area contributed by atoms with Crippen molar-refractivity contribution in [2.75, 3.05) is 13.9 Å². The van der Waals surface area contributed by atoms with Crippen LogP contribution in [0.5, 0.6) is 11.5 Å². The topological polar surface area (TPSA) is 100 Å². The Bertz CT molecular complexity index is 1260. The first-order valence-corrected chi connectivity index (χ1v) is 10.8. The van der Waals surface area contributed by atoms with Gasteiger partial charge in [-0.2, -0.15) is 0 Å². The average Bonchev–Trinajstić information content (AvgIpc) is 3.56. The van der Waals surface area contributed by atoms with Crippen LogP contribution in [-0.2, 0) is 18.3 Å². The molecule has 0 saturated carbocycles. The van der Waals surface area contributed by atoms with Crippen LogP contribution < -0.4 is 9.47 Å². The fraction of sp³-hybridized carbons (Fsp3) is 0.320. The summed E-state index contributed by atoms with van der Waals surface area (Å²) in [5.41, 5.74) is 2.17. The van der Waals surface area contributed by atoms with Gasteiger partial charge in [0.15, 0.2) is 17.3 Å². The minimum Gasteiger partial charge on any atom is -0.467 e. The van der Waals surface area contributed by atoms with Crippen LogP contribution in [0.4, 0.5) is 0 Å². The number of hydrogen-bond donors (Lipinski definition) is 0. The van der Waals surface area contributed by atoms with Crippen molar-refractivity contribution < 1.29 is 33.0 Å². The van der Waals surface area contributed by atoms with Gasteiger partial charge in [-0.1, -0.05) is 0 Å². The third-order valence-corrected chi connectivity index (χ3v) is 6.19. The first kappa shape index (κ1) is 23.2. The lowest BCUT2D eigenvalue weighted by molar-refractivity contribution is 0.0586. The highest BCUT2D eigenvalue weighted by molar-refractivity contribution is 6.07. The molecule has 1 aromatic carbocycles. The number of Topliss-reactive ketones (excluding diaryl/α,β-unsaturated/α-hetero) is 1. The van der Waals surface area contributed by atoms with Gasteiger partial charge in [-0.3, -0.25) is 9.59 Å². The summed E-state index contributed by atoms with van der Waals surface area (Å²) in [5.74, 6) is 0.380. The van der Waals surface area contributed by atoms with Gasteiger partial charge in [0.2, 0.25) is 6.79 Å². The number of aromatic nitrogens is 1. The van der Waals surface area contributed by atoms with Gasteiger partial charge >= 0.3 is 5.97 Å². The van der Waals surface area contributed by atoms with Crippen molar-refractivity contribution in [2.24, 2.45) is 7.05 Å². The minimum absolute atomic E-state index is 0.0853. The number of furan rings is 1. The van der Waals surface area contributed by atoms with Crippen LogP contribution >= 0.6 is 0 Å². The maximum absolute atomic E-state index is 13.7. The molecule has 1 amide bonds. The lowest BCUT2D eigenvalue weighted by Gasteiger charge is -2.28. The lowest BCUT2D eigenvalue weighted by Crippen LogP contribution is -2.43. The minimum atomic E-state index is -0.853. The number of rotatable bonds is 7. The molecule has 0 bridgehead atoms. The molecule has 0 saturated heterocycles. The molecule has 178 valence electrons. The third kappa shape index (κ3) is 3.93. The van der Waals surface area contributed by atoms with E-state index in [4.69, 9.17) is 18.6 Å². The summed E-state index contributed by atoms with van der Waals surface area (Å²) in [7, 11) is 3.00. The zero-order valence-electron chi connectivity index (χ0n) is 19.7. The van der Waals surface area contributed by atoms with Crippen LogP contribution in [0.15, 0.2) is 41.0 Å². The van der Waals surface area contributed by atoms with E-state index in [1.54, 1.807) is 62.7 Å². The van der Waals surface area contributed by atoms with E-state index in [2.05, 4.69) is 0 Å². The highest BCUT2D eigenvalue weighted by Gasteiger charge is 2.33. The molecule has 9 nitrogen and oxygen atoms in total. The van der Waals surface area contributed by atoms with Crippen LogP contribution in [0.3, 0.4) is 0 Å². The Labute approximate surface area is 196 Å². The predicted octanol–water partition coefficient (Wildman–Crippen LogP) is 3.66. The van der Waals surface area contributed by atoms with E-state index >= 15 is 0 Å². The number of nitrogens with zero attached hydrogens (tertiary/aromatic N) is 2. The van der Waals surface area contributed by atoms with Gasteiger partial charge in [0.1, 0.15) is 11.5 Å². The summed E-state index contributed by atoms with van der Waals surface area (Å²) in [4.78, 5) is 41.1. The number of esters is 1. The first-order valence-electron chi connectivity index (χ1n) is 10.8. The van der Waals surface area contributed by atoms with E-state index < -0.39 is 12.0 Å². The van der Waals surface area contributed by atoms with Crippen LogP contribution in [0.2, 0.25) is 0 Å². The fourth-order valence-electron chi connectivity index (χ4n) is 4.23. The quantitative estimate of drug-likeness (QED) is 0.387. The molecule has 0 fully saturated rings. The summed E-state index contributed by atoms with van der Waals surface area (Å²) in [5, 5.41) is 0. The predicted molar refractivity (Wildman–Crippen MR) is 121 cm³/mol. The zero-order valence-corrected chi connectivity index (χ0v) is 19.7. The number of carbonyl (C=O) groups excluding carboxylic acids is 3. The summed E-state index contributed by atoms with van der Waals surface area (Å²) >= 11 is 0. The number of amides is 1. The highest BCUT2D eigenvalue weighted by atomic mass is 16.7. The maximum atomic E-state index is 13.7. The van der Waals surface area contributed by atoms with Gasteiger partial charge in [0, 0.05) is 23.9 Å². The molecule has 1 aliphatic rings. The molecule has 1 unspecified atom stereocenters. The average molecular weight is 466 g/mol. The van der Waals surface area contributed by atoms with Gasteiger partial charge in [-0.15, -0.1) is 0 Å². The van der Waals surface area contributed by atoms with Crippen LogP contribution in [0.1, 0.15) is 55.1 Å². The molecule has 0 spiro atoms. The van der Waals surface area contributed by atoms with Crippen LogP contribution in [-0.4, -0.2) is 47.1 Å². The van der Waals surface area contributed by atoms with Gasteiger partial charge < -0.3 is 28.1 Å². The number of benzene rings is 1. The van der Waals surface area contributed by atoms with Gasteiger partial charge in [0.25, 0.3) is 5.91 Å². The van der Waals surface area contributed by atoms with E-state index in [1.807, 2.05) is 0 Å². The molecular formula is C25H26N2O7. The summed E-state index contributed by atoms with van der Waals surface area (Å²) in [6.07, 6.45) is 1.51. The molecule has 0 aliphatic carbocycles. The number of carbonyl (C=O) groups is 3. The highest BCUT2D eigenvalue weighted by Crippen LogP contribution is 2.33. The van der Waals surface area contributed by atoms with Gasteiger partial charge in [-0.25, -0.2) is 4.79 Å². The molecule has 0 radical (unpaired) electrons. The van der Waals surface area contributed by atoms with Crippen LogP contribution in [0, 0.1) is 13.8 Å². The number of ketones is 1. The second kappa shape index (κ2) is 9.09. The van der Waals surface area contributed by atoms with Gasteiger partial charge in [-0.05, 0) is 56.7 Å². The Morgan fingerprint density at radius 2 is 1.88 bits per heavy atom. The van der Waals surface area contributed by atoms with E-state index in [1.165, 1.54) is 18.3 Å². The molecule has 1 atom stereocenters. The number of fused-ring (bicyclic) bond motifs is 1. The largest absolute Gasteiger partial charge is 0.467 e. The Balaban J connectivity index is 1.71. The molecule has 9 heteroatoms. The second-order valence-corrected chi connectivity index (χ2v) is 8.11. The smallest absolute Gasteiger partial charge is 0.354 e. The SMILES string of the molecule is COC(=O)c1c(C)c(C(=O)C(C)N(Cc2ccco2)C(=O)c2ccc3c(c2)OCO3)c(C)n1C. The van der Waals surface area contributed by atoms with E-state index in [0.29, 0.717) is 45.3 Å². The maximum Gasteiger partial charge on any atom is 0.354 e. The zero-order chi connectivity index (χ0) is 24.6. The second-order valence-electron chi connectivity index (χ2n) is 8.11. The molecule has 4 rings (SSSR count). The summed E-state index contributed by atoms with van der Waals surface area (Å²) in [6, 6.07) is 7.52. The van der Waals surface area contributed by atoms with Crippen molar-refractivity contribution in [2.45, 2.75) is 33.4 Å². The molecule has 3 heterocycles. The first-order chi connectivity index (χ1) is 16.2. The number of methoxy groups -OCH3 is 1. The fourth-order valence-corrected chi connectivity index (χ4v) is 4.23. The van der Waals surface area contributed by atoms with E-state index in [-0.39, 0.29) is 25.0 Å². The van der Waals surface area contributed by atoms with Crippen molar-refractivity contribution in [1.82, 2.24) is 9.47 Å². The Hall–Kier alpha value is -4.01. The molecule has 1 aliphatic heterocycles. The molecule has 3 aromatic rings. The van der Waals surface area contributed by atoms with Crippen molar-refractivity contribution in [3.63, 3.8) is 0 Å². The standard InChI is InChI=1S/C25H26N2O7/c1-14-21(15(2)26(4)22(14)25(30)31-5)23(28)16(3)27(12-18-7-6-10-32-18)24(29)17-8-9-19-20(11-17)34-13-33-19/h6-11,16H,12-13H2,1-5H3.